The fourth-order valence-electron chi connectivity index (χ4n) is 2.39. The standard InChI is InChI=1S/C13H16BrFN2O/c1-16-8-12-3-2-4-17(12)13(18)9-5-10(14)7-11(15)6-9/h5-7,12,16H,2-4,8H2,1H3. The van der Waals surface area contributed by atoms with Gasteiger partial charge in [0.25, 0.3) is 5.91 Å². The van der Waals surface area contributed by atoms with Crippen molar-refractivity contribution in [1.29, 1.82) is 0 Å². The molecule has 1 aliphatic heterocycles. The molecule has 0 aromatic heterocycles. The molecule has 1 unspecified atom stereocenters. The summed E-state index contributed by atoms with van der Waals surface area (Å²) in [7, 11) is 1.87. The highest BCUT2D eigenvalue weighted by atomic mass is 79.9. The Morgan fingerprint density at radius 2 is 2.33 bits per heavy atom. The molecule has 18 heavy (non-hydrogen) atoms. The number of hydrogen-bond acceptors (Lipinski definition) is 2. The first-order valence-electron chi connectivity index (χ1n) is 6.03. The van der Waals surface area contributed by atoms with Crippen LogP contribution in [0.2, 0.25) is 0 Å². The van der Waals surface area contributed by atoms with Gasteiger partial charge in [-0.2, -0.15) is 0 Å². The van der Waals surface area contributed by atoms with Crippen molar-refractivity contribution in [2.45, 2.75) is 18.9 Å². The molecular weight excluding hydrogens is 299 g/mol. The number of carbonyl (C=O) groups excluding carboxylic acids is 1. The highest BCUT2D eigenvalue weighted by Gasteiger charge is 2.29. The molecule has 1 amide bonds. The molecule has 0 radical (unpaired) electrons. The zero-order chi connectivity index (χ0) is 13.1. The Balaban J connectivity index is 2.19. The van der Waals surface area contributed by atoms with Gasteiger partial charge < -0.3 is 10.2 Å². The van der Waals surface area contributed by atoms with Crippen molar-refractivity contribution in [3.63, 3.8) is 0 Å². The quantitative estimate of drug-likeness (QED) is 0.929. The molecule has 2 rings (SSSR count). The summed E-state index contributed by atoms with van der Waals surface area (Å²) in [5, 5.41) is 3.09. The maximum absolute atomic E-state index is 13.3. The number of benzene rings is 1. The number of hydrogen-bond donors (Lipinski definition) is 1. The summed E-state index contributed by atoms with van der Waals surface area (Å²) in [5.74, 6) is -0.481. The van der Waals surface area contributed by atoms with Crippen LogP contribution in [0.15, 0.2) is 22.7 Å². The molecule has 1 N–H and O–H groups in total. The van der Waals surface area contributed by atoms with E-state index < -0.39 is 5.82 Å². The van der Waals surface area contributed by atoms with Crippen molar-refractivity contribution in [3.05, 3.63) is 34.1 Å². The van der Waals surface area contributed by atoms with Crippen LogP contribution in [0.5, 0.6) is 0 Å². The normalized spacial score (nSPS) is 19.3. The van der Waals surface area contributed by atoms with Crippen molar-refractivity contribution >= 4 is 21.8 Å². The maximum atomic E-state index is 13.3. The van der Waals surface area contributed by atoms with E-state index in [-0.39, 0.29) is 11.9 Å². The van der Waals surface area contributed by atoms with Crippen molar-refractivity contribution < 1.29 is 9.18 Å². The summed E-state index contributed by atoms with van der Waals surface area (Å²) >= 11 is 3.21. The number of rotatable bonds is 3. The first kappa shape index (κ1) is 13.5. The fraction of sp³-hybridized carbons (Fsp3) is 0.462. The molecule has 1 atom stereocenters. The highest BCUT2D eigenvalue weighted by molar-refractivity contribution is 9.10. The smallest absolute Gasteiger partial charge is 0.254 e. The van der Waals surface area contributed by atoms with E-state index in [9.17, 15) is 9.18 Å². The molecule has 3 nitrogen and oxygen atoms in total. The van der Waals surface area contributed by atoms with Crippen LogP contribution in [0, 0.1) is 5.82 Å². The van der Waals surface area contributed by atoms with Gasteiger partial charge in [-0.1, -0.05) is 15.9 Å². The zero-order valence-corrected chi connectivity index (χ0v) is 11.8. The van der Waals surface area contributed by atoms with Gasteiger partial charge in [-0.05, 0) is 38.1 Å². The lowest BCUT2D eigenvalue weighted by atomic mass is 10.1. The highest BCUT2D eigenvalue weighted by Crippen LogP contribution is 2.22. The number of halogens is 2. The molecule has 1 aromatic rings. The van der Waals surface area contributed by atoms with Crippen LogP contribution in [0.25, 0.3) is 0 Å². The predicted octanol–water partition coefficient (Wildman–Crippen LogP) is 2.41. The first-order valence-corrected chi connectivity index (χ1v) is 6.83. The Labute approximate surface area is 114 Å². The van der Waals surface area contributed by atoms with E-state index >= 15 is 0 Å². The van der Waals surface area contributed by atoms with Crippen molar-refractivity contribution in [3.8, 4) is 0 Å². The Kier molecular flexibility index (Phi) is 4.35. The van der Waals surface area contributed by atoms with Crippen molar-refractivity contribution in [2.75, 3.05) is 20.1 Å². The summed E-state index contributed by atoms with van der Waals surface area (Å²) in [4.78, 5) is 14.2. The Morgan fingerprint density at radius 1 is 1.56 bits per heavy atom. The van der Waals surface area contributed by atoms with Gasteiger partial charge in [-0.3, -0.25) is 4.79 Å². The maximum Gasteiger partial charge on any atom is 0.254 e. The second kappa shape index (κ2) is 5.80. The lowest BCUT2D eigenvalue weighted by Crippen LogP contribution is -2.40. The molecule has 1 aliphatic rings. The van der Waals surface area contributed by atoms with Crippen LogP contribution >= 0.6 is 15.9 Å². The summed E-state index contributed by atoms with van der Waals surface area (Å²) in [6.45, 7) is 1.53. The predicted molar refractivity (Wildman–Crippen MR) is 72.1 cm³/mol. The van der Waals surface area contributed by atoms with Gasteiger partial charge in [0.1, 0.15) is 5.82 Å². The number of likely N-dealkylation sites (N-methyl/N-ethyl adjacent to an activating group) is 1. The SMILES string of the molecule is CNCC1CCCN1C(=O)c1cc(F)cc(Br)c1. The second-order valence-electron chi connectivity index (χ2n) is 4.51. The van der Waals surface area contributed by atoms with Crippen LogP contribution in [-0.2, 0) is 0 Å². The van der Waals surface area contributed by atoms with E-state index in [1.165, 1.54) is 12.1 Å². The topological polar surface area (TPSA) is 32.3 Å². The average Bonchev–Trinajstić information content (AvgIpc) is 2.75. The van der Waals surface area contributed by atoms with Crippen LogP contribution in [0.3, 0.4) is 0 Å². The number of nitrogens with one attached hydrogen (secondary N) is 1. The fourth-order valence-corrected chi connectivity index (χ4v) is 2.86. The number of likely N-dealkylation sites (tertiary alicyclic amines) is 1. The van der Waals surface area contributed by atoms with Gasteiger partial charge in [-0.15, -0.1) is 0 Å². The van der Waals surface area contributed by atoms with Gasteiger partial charge >= 0.3 is 0 Å². The molecule has 0 bridgehead atoms. The lowest BCUT2D eigenvalue weighted by molar-refractivity contribution is 0.0736. The zero-order valence-electron chi connectivity index (χ0n) is 10.2. The second-order valence-corrected chi connectivity index (χ2v) is 5.43. The third-order valence-electron chi connectivity index (χ3n) is 3.19. The van der Waals surface area contributed by atoms with Gasteiger partial charge in [0, 0.05) is 29.2 Å². The Bertz CT molecular complexity index is 432. The third-order valence-corrected chi connectivity index (χ3v) is 3.65. The number of nitrogens with zero attached hydrogens (tertiary/aromatic N) is 1. The van der Waals surface area contributed by atoms with E-state index in [1.807, 2.05) is 11.9 Å². The largest absolute Gasteiger partial charge is 0.334 e. The van der Waals surface area contributed by atoms with Gasteiger partial charge in [0.15, 0.2) is 0 Å². The monoisotopic (exact) mass is 314 g/mol. The molecule has 0 aliphatic carbocycles. The minimum absolute atomic E-state index is 0.0899. The third kappa shape index (κ3) is 2.90. The van der Waals surface area contributed by atoms with E-state index in [0.717, 1.165) is 25.9 Å². The van der Waals surface area contributed by atoms with E-state index in [1.54, 1.807) is 6.07 Å². The molecule has 98 valence electrons. The molecule has 5 heteroatoms. The van der Waals surface area contributed by atoms with E-state index in [0.29, 0.717) is 10.0 Å². The van der Waals surface area contributed by atoms with E-state index in [4.69, 9.17) is 0 Å². The van der Waals surface area contributed by atoms with Crippen LogP contribution in [0.1, 0.15) is 23.2 Å². The number of carbonyl (C=O) groups is 1. The van der Waals surface area contributed by atoms with Gasteiger partial charge in [-0.25, -0.2) is 4.39 Å². The molecular formula is C13H16BrFN2O. The average molecular weight is 315 g/mol. The summed E-state index contributed by atoms with van der Waals surface area (Å²) in [6.07, 6.45) is 2.01. The molecule has 0 spiro atoms. The van der Waals surface area contributed by atoms with Crippen molar-refractivity contribution in [2.24, 2.45) is 0 Å². The Hall–Kier alpha value is -0.940. The summed E-state index contributed by atoms with van der Waals surface area (Å²) in [5.41, 5.74) is 0.407. The molecule has 0 saturated carbocycles. The van der Waals surface area contributed by atoms with Gasteiger partial charge in [0.2, 0.25) is 0 Å². The van der Waals surface area contributed by atoms with Crippen LogP contribution < -0.4 is 5.32 Å². The lowest BCUT2D eigenvalue weighted by Gasteiger charge is -2.24. The number of amides is 1. The molecule has 1 heterocycles. The van der Waals surface area contributed by atoms with Gasteiger partial charge in [0.05, 0.1) is 0 Å². The summed E-state index contributed by atoms with van der Waals surface area (Å²) < 4.78 is 13.9. The molecule has 1 aromatic carbocycles. The molecule has 1 fully saturated rings. The van der Waals surface area contributed by atoms with Crippen molar-refractivity contribution in [1.82, 2.24) is 10.2 Å². The Morgan fingerprint density at radius 3 is 3.00 bits per heavy atom. The minimum Gasteiger partial charge on any atom is -0.334 e. The van der Waals surface area contributed by atoms with Crippen LogP contribution in [-0.4, -0.2) is 37.0 Å². The summed E-state index contributed by atoms with van der Waals surface area (Å²) in [6, 6.07) is 4.53. The minimum atomic E-state index is -0.392. The van der Waals surface area contributed by atoms with E-state index in [2.05, 4.69) is 21.2 Å². The first-order chi connectivity index (χ1) is 8.61. The molecule has 1 saturated heterocycles. The van der Waals surface area contributed by atoms with Crippen LogP contribution in [0.4, 0.5) is 4.39 Å².